The SMILES string of the molecule is CC/C=C\C/C=C\C/C=C\C/C=C\CCCCCCC(=O)OC(COCCCCCCCC)COC(=O)CCCCCCCCCCCCCCCCCCCCC. The third kappa shape index (κ3) is 46.5. The van der Waals surface area contributed by atoms with Crippen LogP contribution in [-0.4, -0.2) is 37.9 Å². The van der Waals surface area contributed by atoms with Crippen LogP contribution in [0, 0.1) is 0 Å². The van der Waals surface area contributed by atoms with Gasteiger partial charge in [0.25, 0.3) is 0 Å². The molecule has 0 rings (SSSR count). The lowest BCUT2D eigenvalue weighted by Crippen LogP contribution is -2.30. The van der Waals surface area contributed by atoms with Gasteiger partial charge in [-0.1, -0.05) is 230 Å². The van der Waals surface area contributed by atoms with Crippen molar-refractivity contribution in [2.24, 2.45) is 0 Å². The summed E-state index contributed by atoms with van der Waals surface area (Å²) in [6.07, 6.45) is 59.9. The number of carbonyl (C=O) groups is 2. The van der Waals surface area contributed by atoms with Crippen molar-refractivity contribution in [3.8, 4) is 0 Å². The fourth-order valence-electron chi connectivity index (χ4n) is 7.15. The van der Waals surface area contributed by atoms with E-state index < -0.39 is 6.10 Å². The summed E-state index contributed by atoms with van der Waals surface area (Å²) < 4.78 is 17.3. The number of rotatable bonds is 46. The molecule has 0 bridgehead atoms. The van der Waals surface area contributed by atoms with Gasteiger partial charge < -0.3 is 14.2 Å². The van der Waals surface area contributed by atoms with Gasteiger partial charge in [-0.2, -0.15) is 0 Å². The highest BCUT2D eigenvalue weighted by Crippen LogP contribution is 2.16. The first kappa shape index (κ1) is 55.9. The molecule has 0 spiro atoms. The molecule has 0 aromatic heterocycles. The van der Waals surface area contributed by atoms with Crippen molar-refractivity contribution in [1.82, 2.24) is 0 Å². The minimum absolute atomic E-state index is 0.0784. The van der Waals surface area contributed by atoms with E-state index in [9.17, 15) is 9.59 Å². The van der Waals surface area contributed by atoms with Crippen molar-refractivity contribution < 1.29 is 23.8 Å². The van der Waals surface area contributed by atoms with Crippen LogP contribution < -0.4 is 0 Å². The number of hydrogen-bond donors (Lipinski definition) is 0. The topological polar surface area (TPSA) is 61.8 Å². The first-order valence-electron chi connectivity index (χ1n) is 25.2. The van der Waals surface area contributed by atoms with Crippen LogP contribution >= 0.6 is 0 Å². The first-order chi connectivity index (χ1) is 28.6. The van der Waals surface area contributed by atoms with Crippen molar-refractivity contribution in [2.75, 3.05) is 19.8 Å². The van der Waals surface area contributed by atoms with Crippen molar-refractivity contribution in [3.05, 3.63) is 48.6 Å². The van der Waals surface area contributed by atoms with Gasteiger partial charge in [-0.05, 0) is 57.8 Å². The fourth-order valence-corrected chi connectivity index (χ4v) is 7.15. The predicted molar refractivity (Wildman–Crippen MR) is 251 cm³/mol. The number of unbranched alkanes of at least 4 members (excludes halogenated alkanes) is 27. The second-order valence-corrected chi connectivity index (χ2v) is 16.7. The second kappa shape index (κ2) is 49.2. The molecule has 0 fully saturated rings. The molecule has 0 aliphatic heterocycles. The second-order valence-electron chi connectivity index (χ2n) is 16.7. The normalized spacial score (nSPS) is 12.5. The monoisotopic (exact) mass is 813 g/mol. The average Bonchev–Trinajstić information content (AvgIpc) is 3.22. The van der Waals surface area contributed by atoms with E-state index in [-0.39, 0.29) is 25.2 Å². The van der Waals surface area contributed by atoms with Gasteiger partial charge >= 0.3 is 11.9 Å². The predicted octanol–water partition coefficient (Wildman–Crippen LogP) is 16.8. The van der Waals surface area contributed by atoms with Gasteiger partial charge in [-0.3, -0.25) is 9.59 Å². The Balaban J connectivity index is 4.08. The Hall–Kier alpha value is -2.14. The van der Waals surface area contributed by atoms with Gasteiger partial charge in [-0.25, -0.2) is 0 Å². The summed E-state index contributed by atoms with van der Waals surface area (Å²) in [6.45, 7) is 7.68. The van der Waals surface area contributed by atoms with Crippen molar-refractivity contribution in [1.29, 1.82) is 0 Å². The van der Waals surface area contributed by atoms with Crippen LogP contribution in [0.25, 0.3) is 0 Å². The summed E-state index contributed by atoms with van der Waals surface area (Å²) >= 11 is 0. The Morgan fingerprint density at radius 2 is 0.776 bits per heavy atom. The molecule has 5 heteroatoms. The molecule has 0 amide bonds. The van der Waals surface area contributed by atoms with Gasteiger partial charge in [0.15, 0.2) is 6.10 Å². The number of carbonyl (C=O) groups excluding carboxylic acids is 2. The molecule has 0 saturated heterocycles. The fraction of sp³-hybridized carbons (Fsp3) is 0.811. The lowest BCUT2D eigenvalue weighted by molar-refractivity contribution is -0.163. The lowest BCUT2D eigenvalue weighted by Gasteiger charge is -2.18. The number of esters is 2. The molecule has 5 nitrogen and oxygen atoms in total. The molecule has 338 valence electrons. The van der Waals surface area contributed by atoms with Crippen LogP contribution in [0.3, 0.4) is 0 Å². The minimum atomic E-state index is -0.542. The summed E-state index contributed by atoms with van der Waals surface area (Å²) in [6, 6.07) is 0. The van der Waals surface area contributed by atoms with Gasteiger partial charge in [0.2, 0.25) is 0 Å². The quantitative estimate of drug-likeness (QED) is 0.0348. The molecular formula is C53H96O5. The average molecular weight is 813 g/mol. The lowest BCUT2D eigenvalue weighted by atomic mass is 10.0. The molecular weight excluding hydrogens is 717 g/mol. The molecule has 0 aliphatic rings. The molecule has 58 heavy (non-hydrogen) atoms. The summed E-state index contributed by atoms with van der Waals surface area (Å²) in [5.74, 6) is -0.417. The third-order valence-electron chi connectivity index (χ3n) is 10.9. The summed E-state index contributed by atoms with van der Waals surface area (Å²) in [5, 5.41) is 0. The highest BCUT2D eigenvalue weighted by molar-refractivity contribution is 5.70. The molecule has 1 atom stereocenters. The molecule has 0 aromatic rings. The maximum Gasteiger partial charge on any atom is 0.306 e. The molecule has 0 radical (unpaired) electrons. The van der Waals surface area contributed by atoms with Gasteiger partial charge in [0.1, 0.15) is 6.61 Å². The molecule has 1 unspecified atom stereocenters. The van der Waals surface area contributed by atoms with E-state index in [0.29, 0.717) is 19.4 Å². The Labute approximate surface area is 361 Å². The Morgan fingerprint density at radius 3 is 1.24 bits per heavy atom. The molecule has 0 heterocycles. The van der Waals surface area contributed by atoms with E-state index in [1.54, 1.807) is 0 Å². The molecule has 0 aliphatic carbocycles. The van der Waals surface area contributed by atoms with Crippen molar-refractivity contribution in [2.45, 2.75) is 258 Å². The van der Waals surface area contributed by atoms with E-state index in [1.807, 2.05) is 0 Å². The molecule has 0 N–H and O–H groups in total. The third-order valence-corrected chi connectivity index (χ3v) is 10.9. The smallest absolute Gasteiger partial charge is 0.306 e. The van der Waals surface area contributed by atoms with Crippen molar-refractivity contribution in [3.63, 3.8) is 0 Å². The van der Waals surface area contributed by atoms with Crippen LogP contribution in [0.4, 0.5) is 0 Å². The van der Waals surface area contributed by atoms with Crippen LogP contribution in [0.5, 0.6) is 0 Å². The zero-order valence-corrected chi connectivity index (χ0v) is 38.8. The van der Waals surface area contributed by atoms with Crippen molar-refractivity contribution >= 4 is 11.9 Å². The summed E-state index contributed by atoms with van der Waals surface area (Å²) in [4.78, 5) is 25.3. The van der Waals surface area contributed by atoms with E-state index in [0.717, 1.165) is 83.5 Å². The highest BCUT2D eigenvalue weighted by Gasteiger charge is 2.17. The highest BCUT2D eigenvalue weighted by atomic mass is 16.6. The van der Waals surface area contributed by atoms with Crippen LogP contribution in [0.15, 0.2) is 48.6 Å². The zero-order valence-electron chi connectivity index (χ0n) is 38.8. The maximum absolute atomic E-state index is 12.7. The van der Waals surface area contributed by atoms with E-state index >= 15 is 0 Å². The maximum atomic E-state index is 12.7. The summed E-state index contributed by atoms with van der Waals surface area (Å²) in [5.41, 5.74) is 0. The van der Waals surface area contributed by atoms with E-state index in [2.05, 4.69) is 69.4 Å². The van der Waals surface area contributed by atoms with Crippen LogP contribution in [0.2, 0.25) is 0 Å². The van der Waals surface area contributed by atoms with Crippen LogP contribution in [0.1, 0.15) is 252 Å². The largest absolute Gasteiger partial charge is 0.462 e. The Kier molecular flexibility index (Phi) is 47.4. The number of allylic oxidation sites excluding steroid dienone is 8. The number of ether oxygens (including phenoxy) is 3. The standard InChI is InChI=1S/C53H96O5/c1-4-7-10-13-16-18-20-22-24-26-27-29-30-32-34-36-38-40-43-46-52(54)57-50-51(49-56-48-45-42-15-12-9-6-3)58-53(55)47-44-41-39-37-35-33-31-28-25-23-21-19-17-14-11-8-5-2/h8,11,17,19,23,25,31,33,51H,4-7,9-10,12-16,18,20-22,24,26-30,32,34-50H2,1-3H3/b11-8-,19-17-,25-23-,33-31-. The zero-order chi connectivity index (χ0) is 42.1. The first-order valence-corrected chi connectivity index (χ1v) is 25.2. The van der Waals surface area contributed by atoms with E-state index in [4.69, 9.17) is 14.2 Å². The van der Waals surface area contributed by atoms with Crippen LogP contribution in [-0.2, 0) is 23.8 Å². The Bertz CT molecular complexity index is 966. The summed E-state index contributed by atoms with van der Waals surface area (Å²) in [7, 11) is 0. The minimum Gasteiger partial charge on any atom is -0.462 e. The van der Waals surface area contributed by atoms with Gasteiger partial charge in [0.05, 0.1) is 6.61 Å². The van der Waals surface area contributed by atoms with Gasteiger partial charge in [0, 0.05) is 19.4 Å². The van der Waals surface area contributed by atoms with Gasteiger partial charge in [-0.15, -0.1) is 0 Å². The Morgan fingerprint density at radius 1 is 0.397 bits per heavy atom. The number of hydrogen-bond acceptors (Lipinski definition) is 5. The molecule has 0 aromatic carbocycles. The molecule has 0 saturated carbocycles. The van der Waals surface area contributed by atoms with E-state index in [1.165, 1.54) is 135 Å².